The molecule has 1 aliphatic carbocycles. The lowest BCUT2D eigenvalue weighted by molar-refractivity contribution is 0.444. The normalized spacial score (nSPS) is 15.6. The molecule has 0 spiro atoms. The van der Waals surface area contributed by atoms with Gasteiger partial charge < -0.3 is 11.1 Å². The first-order valence-corrected chi connectivity index (χ1v) is 4.72. The number of aromatic nitrogens is 1. The Morgan fingerprint density at radius 3 is 2.93 bits per heavy atom. The van der Waals surface area contributed by atoms with Crippen LogP contribution < -0.4 is 11.1 Å². The van der Waals surface area contributed by atoms with Crippen LogP contribution in [0.5, 0.6) is 0 Å². The van der Waals surface area contributed by atoms with Gasteiger partial charge in [-0.25, -0.2) is 4.98 Å². The van der Waals surface area contributed by atoms with Gasteiger partial charge in [0.2, 0.25) is 0 Å². The Balaban J connectivity index is 2.20. The molecule has 0 unspecified atom stereocenters. The quantitative estimate of drug-likeness (QED) is 0.737. The summed E-state index contributed by atoms with van der Waals surface area (Å²) in [5, 5.41) is 12.0. The predicted octanol–water partition coefficient (Wildman–Crippen LogP) is 1.50. The van der Waals surface area contributed by atoms with E-state index in [0.717, 1.165) is 12.8 Å². The van der Waals surface area contributed by atoms with Gasteiger partial charge in [0.05, 0.1) is 11.3 Å². The summed E-state index contributed by atoms with van der Waals surface area (Å²) in [7, 11) is 0. The van der Waals surface area contributed by atoms with Crippen molar-refractivity contribution in [1.82, 2.24) is 4.98 Å². The number of hydrogen-bond acceptors (Lipinski definition) is 4. The lowest BCUT2D eigenvalue weighted by Gasteiger charge is -2.27. The highest BCUT2D eigenvalue weighted by Crippen LogP contribution is 2.26. The average molecular weight is 188 g/mol. The summed E-state index contributed by atoms with van der Waals surface area (Å²) >= 11 is 0. The number of anilines is 2. The number of nitrogens with two attached hydrogens (primary N) is 1. The molecule has 1 fully saturated rings. The van der Waals surface area contributed by atoms with Crippen molar-refractivity contribution in [2.24, 2.45) is 0 Å². The van der Waals surface area contributed by atoms with Crippen LogP contribution in [0.4, 0.5) is 11.5 Å². The second-order valence-corrected chi connectivity index (χ2v) is 3.50. The maximum Gasteiger partial charge on any atom is 0.150 e. The zero-order valence-electron chi connectivity index (χ0n) is 7.83. The van der Waals surface area contributed by atoms with E-state index in [1.807, 2.05) is 6.07 Å². The molecule has 0 bridgehead atoms. The molecule has 72 valence electrons. The Morgan fingerprint density at radius 2 is 2.36 bits per heavy atom. The zero-order valence-corrected chi connectivity index (χ0v) is 7.83. The number of pyridine rings is 1. The summed E-state index contributed by atoms with van der Waals surface area (Å²) in [6, 6.07) is 4.15. The lowest BCUT2D eigenvalue weighted by Crippen LogP contribution is -2.28. The molecular weight excluding hydrogens is 176 g/mol. The summed E-state index contributed by atoms with van der Waals surface area (Å²) in [4.78, 5) is 4.12. The van der Waals surface area contributed by atoms with Crippen molar-refractivity contribution < 1.29 is 0 Å². The molecule has 2 rings (SSSR count). The highest BCUT2D eigenvalue weighted by atomic mass is 15.0. The molecule has 0 aliphatic heterocycles. The molecule has 0 radical (unpaired) electrons. The highest BCUT2D eigenvalue weighted by Gasteiger charge is 2.18. The van der Waals surface area contributed by atoms with E-state index < -0.39 is 0 Å². The van der Waals surface area contributed by atoms with Gasteiger partial charge in [-0.15, -0.1) is 0 Å². The maximum absolute atomic E-state index is 8.76. The van der Waals surface area contributed by atoms with Gasteiger partial charge in [0.1, 0.15) is 6.07 Å². The number of nitrogens with one attached hydrogen (secondary N) is 1. The largest absolute Gasteiger partial charge is 0.395 e. The van der Waals surface area contributed by atoms with Crippen molar-refractivity contribution >= 4 is 11.5 Å². The van der Waals surface area contributed by atoms with E-state index in [-0.39, 0.29) is 0 Å². The number of rotatable bonds is 2. The fourth-order valence-corrected chi connectivity index (χ4v) is 1.43. The van der Waals surface area contributed by atoms with Gasteiger partial charge in [0.15, 0.2) is 5.82 Å². The van der Waals surface area contributed by atoms with E-state index in [9.17, 15) is 0 Å². The summed E-state index contributed by atoms with van der Waals surface area (Å²) in [6.45, 7) is 0. The van der Waals surface area contributed by atoms with E-state index in [0.29, 0.717) is 23.1 Å². The fourth-order valence-electron chi connectivity index (χ4n) is 1.43. The second kappa shape index (κ2) is 3.54. The fraction of sp³-hybridized carbons (Fsp3) is 0.400. The molecule has 1 aromatic rings. The van der Waals surface area contributed by atoms with Crippen LogP contribution in [0.25, 0.3) is 0 Å². The molecule has 4 heteroatoms. The molecule has 4 nitrogen and oxygen atoms in total. The van der Waals surface area contributed by atoms with Gasteiger partial charge in [-0.2, -0.15) is 5.26 Å². The first kappa shape index (κ1) is 8.82. The lowest BCUT2D eigenvalue weighted by atomic mass is 9.93. The molecule has 0 amide bonds. The number of nitrogen functional groups attached to an aromatic ring is 1. The summed E-state index contributed by atoms with van der Waals surface area (Å²) < 4.78 is 0. The molecule has 0 saturated heterocycles. The first-order chi connectivity index (χ1) is 6.81. The topological polar surface area (TPSA) is 74.7 Å². The van der Waals surface area contributed by atoms with Crippen molar-refractivity contribution in [3.8, 4) is 6.07 Å². The molecule has 3 N–H and O–H groups in total. The highest BCUT2D eigenvalue weighted by molar-refractivity contribution is 5.69. The minimum atomic E-state index is 0.460. The van der Waals surface area contributed by atoms with Crippen LogP contribution in [0, 0.1) is 11.3 Å². The first-order valence-electron chi connectivity index (χ1n) is 4.72. The van der Waals surface area contributed by atoms with E-state index in [1.54, 1.807) is 12.3 Å². The standard InChI is InChI=1S/C10H12N4/c11-6-7-4-5-13-10(9(7)12)14-8-2-1-3-8/h4-5,8H,1-3,12H2,(H,13,14). The second-order valence-electron chi connectivity index (χ2n) is 3.50. The smallest absolute Gasteiger partial charge is 0.150 e. The summed E-state index contributed by atoms with van der Waals surface area (Å²) in [6.07, 6.45) is 5.20. The van der Waals surface area contributed by atoms with Gasteiger partial charge in [-0.3, -0.25) is 0 Å². The van der Waals surface area contributed by atoms with E-state index >= 15 is 0 Å². The van der Waals surface area contributed by atoms with E-state index in [1.165, 1.54) is 6.42 Å². The molecule has 0 atom stereocenters. The third-order valence-corrected chi connectivity index (χ3v) is 2.56. The van der Waals surface area contributed by atoms with Crippen LogP contribution in [0.1, 0.15) is 24.8 Å². The SMILES string of the molecule is N#Cc1ccnc(NC2CCC2)c1N. The van der Waals surface area contributed by atoms with Crippen molar-refractivity contribution in [2.45, 2.75) is 25.3 Å². The van der Waals surface area contributed by atoms with Crippen molar-refractivity contribution in [2.75, 3.05) is 11.1 Å². The molecule has 1 aromatic heterocycles. The Morgan fingerprint density at radius 1 is 1.57 bits per heavy atom. The molecule has 14 heavy (non-hydrogen) atoms. The van der Waals surface area contributed by atoms with Gasteiger partial charge >= 0.3 is 0 Å². The molecule has 1 aliphatic rings. The molecule has 0 aromatic carbocycles. The molecular formula is C10H12N4. The Labute approximate surface area is 82.8 Å². The minimum Gasteiger partial charge on any atom is -0.395 e. The van der Waals surface area contributed by atoms with Crippen LogP contribution in [-0.4, -0.2) is 11.0 Å². The Kier molecular flexibility index (Phi) is 2.23. The number of nitriles is 1. The van der Waals surface area contributed by atoms with Crippen LogP contribution in [0.15, 0.2) is 12.3 Å². The van der Waals surface area contributed by atoms with Gasteiger partial charge in [0, 0.05) is 12.2 Å². The third-order valence-electron chi connectivity index (χ3n) is 2.56. The summed E-state index contributed by atoms with van der Waals surface area (Å²) in [5.74, 6) is 0.647. The molecule has 1 heterocycles. The van der Waals surface area contributed by atoms with Crippen molar-refractivity contribution in [3.63, 3.8) is 0 Å². The maximum atomic E-state index is 8.76. The van der Waals surface area contributed by atoms with Crippen LogP contribution >= 0.6 is 0 Å². The average Bonchev–Trinajstić information content (AvgIpc) is 2.13. The molecule has 1 saturated carbocycles. The van der Waals surface area contributed by atoms with Crippen molar-refractivity contribution in [1.29, 1.82) is 5.26 Å². The van der Waals surface area contributed by atoms with Gasteiger partial charge in [-0.05, 0) is 25.3 Å². The van der Waals surface area contributed by atoms with E-state index in [2.05, 4.69) is 10.3 Å². The van der Waals surface area contributed by atoms with E-state index in [4.69, 9.17) is 11.0 Å². The van der Waals surface area contributed by atoms with Crippen LogP contribution in [0.2, 0.25) is 0 Å². The zero-order chi connectivity index (χ0) is 9.97. The van der Waals surface area contributed by atoms with Crippen LogP contribution in [-0.2, 0) is 0 Å². The van der Waals surface area contributed by atoms with Gasteiger partial charge in [-0.1, -0.05) is 0 Å². The Bertz CT molecular complexity index is 376. The Hall–Kier alpha value is -1.76. The summed E-state index contributed by atoms with van der Waals surface area (Å²) in [5.41, 5.74) is 6.72. The number of hydrogen-bond donors (Lipinski definition) is 2. The predicted molar refractivity (Wildman–Crippen MR) is 54.6 cm³/mol. The van der Waals surface area contributed by atoms with Gasteiger partial charge in [0.25, 0.3) is 0 Å². The van der Waals surface area contributed by atoms with Crippen LogP contribution in [0.3, 0.4) is 0 Å². The van der Waals surface area contributed by atoms with Crippen molar-refractivity contribution in [3.05, 3.63) is 17.8 Å². The number of nitrogens with zero attached hydrogens (tertiary/aromatic N) is 2. The monoisotopic (exact) mass is 188 g/mol. The minimum absolute atomic E-state index is 0.460. The third kappa shape index (κ3) is 1.49.